The fourth-order valence-electron chi connectivity index (χ4n) is 5.33. The second-order valence-corrected chi connectivity index (χ2v) is 10.9. The van der Waals surface area contributed by atoms with Crippen LogP contribution in [0.1, 0.15) is 39.6 Å². The van der Waals surface area contributed by atoms with E-state index >= 15 is 0 Å². The van der Waals surface area contributed by atoms with Gasteiger partial charge in [-0.15, -0.1) is 0 Å². The van der Waals surface area contributed by atoms with Crippen LogP contribution in [0.5, 0.6) is 0 Å². The van der Waals surface area contributed by atoms with E-state index in [-0.39, 0.29) is 11.4 Å². The Kier molecular flexibility index (Phi) is 7.75. The minimum Gasteiger partial charge on any atom is -0.478 e. The van der Waals surface area contributed by atoms with Crippen molar-refractivity contribution in [3.63, 3.8) is 0 Å². The second kappa shape index (κ2) is 11.6. The minimum atomic E-state index is -0.947. The zero-order valence-electron chi connectivity index (χ0n) is 22.8. The zero-order valence-corrected chi connectivity index (χ0v) is 23.6. The van der Waals surface area contributed by atoms with E-state index in [0.717, 1.165) is 65.6 Å². The maximum atomic E-state index is 14.3. The number of nitrogens with zero attached hydrogens (tertiary/aromatic N) is 5. The van der Waals surface area contributed by atoms with Crippen LogP contribution in [-0.4, -0.2) is 54.8 Å². The molecule has 2 aliphatic heterocycles. The van der Waals surface area contributed by atoms with Crippen molar-refractivity contribution in [2.45, 2.75) is 38.9 Å². The standard InChI is InChI=1S/C28H25ClFN5O2.C3H6O/c1-33-24-13-19(28(36)37)8-10-22(24)31-25(33)15-34-11-12-35-23-4-2-3-18(27(23)32-26(35)16-34)6-5-17-7-9-20(29)14-21(17)30;1-2-4-3-1/h2-4,7-10,13-14H,5-6,11-12,15-16H2,1H3,(H,36,37);1-3H2. The molecule has 3 aromatic carbocycles. The summed E-state index contributed by atoms with van der Waals surface area (Å²) >= 11 is 5.90. The maximum absolute atomic E-state index is 14.3. The van der Waals surface area contributed by atoms with Gasteiger partial charge in [-0.25, -0.2) is 19.2 Å². The van der Waals surface area contributed by atoms with Gasteiger partial charge in [-0.1, -0.05) is 29.8 Å². The number of rotatable bonds is 6. The maximum Gasteiger partial charge on any atom is 0.335 e. The molecule has 1 N–H and O–H groups in total. The van der Waals surface area contributed by atoms with Crippen LogP contribution in [0.2, 0.25) is 5.02 Å². The number of ether oxygens (including phenoxy) is 1. The van der Waals surface area contributed by atoms with Crippen molar-refractivity contribution in [1.29, 1.82) is 0 Å². The van der Waals surface area contributed by atoms with Crippen molar-refractivity contribution in [1.82, 2.24) is 24.0 Å². The number of aryl methyl sites for hydroxylation is 3. The number of carboxylic acids is 1. The first-order valence-electron chi connectivity index (χ1n) is 13.8. The summed E-state index contributed by atoms with van der Waals surface area (Å²) in [7, 11) is 1.92. The Morgan fingerprint density at radius 1 is 1.02 bits per heavy atom. The van der Waals surface area contributed by atoms with Gasteiger partial charge < -0.3 is 19.0 Å². The lowest BCUT2D eigenvalue weighted by molar-refractivity contribution is 0.0367. The quantitative estimate of drug-likeness (QED) is 0.283. The summed E-state index contributed by atoms with van der Waals surface area (Å²) in [5, 5.41) is 9.72. The van der Waals surface area contributed by atoms with Gasteiger partial charge in [0.2, 0.25) is 0 Å². The molecule has 0 unspecified atom stereocenters. The Hall–Kier alpha value is -3.79. The van der Waals surface area contributed by atoms with Crippen molar-refractivity contribution < 1.29 is 19.0 Å². The van der Waals surface area contributed by atoms with Crippen molar-refractivity contribution in [2.75, 3.05) is 19.8 Å². The van der Waals surface area contributed by atoms with Crippen LogP contribution in [0, 0.1) is 5.82 Å². The molecule has 0 saturated carbocycles. The summed E-state index contributed by atoms with van der Waals surface area (Å²) in [6, 6.07) is 16.0. The van der Waals surface area contributed by atoms with E-state index in [2.05, 4.69) is 21.6 Å². The van der Waals surface area contributed by atoms with E-state index in [1.54, 1.807) is 30.3 Å². The molecule has 0 atom stereocenters. The number of para-hydroxylation sites is 1. The molecule has 41 heavy (non-hydrogen) atoms. The Labute approximate surface area is 241 Å². The van der Waals surface area contributed by atoms with Crippen LogP contribution >= 0.6 is 11.6 Å². The highest BCUT2D eigenvalue weighted by Crippen LogP contribution is 2.27. The molecule has 8 nitrogen and oxygen atoms in total. The number of benzene rings is 3. The number of aromatic nitrogens is 4. The Bertz CT molecular complexity index is 1740. The number of fused-ring (bicyclic) bond motifs is 4. The van der Waals surface area contributed by atoms with Gasteiger partial charge in [-0.05, 0) is 66.8 Å². The molecule has 1 saturated heterocycles. The van der Waals surface area contributed by atoms with Gasteiger partial charge in [-0.3, -0.25) is 4.90 Å². The monoisotopic (exact) mass is 575 g/mol. The van der Waals surface area contributed by atoms with Gasteiger partial charge in [0.05, 0.1) is 40.7 Å². The molecule has 0 bridgehead atoms. The number of hydrogen-bond acceptors (Lipinski definition) is 5. The topological polar surface area (TPSA) is 85.4 Å². The van der Waals surface area contributed by atoms with Crippen LogP contribution in [-0.2, 0) is 44.3 Å². The Morgan fingerprint density at radius 3 is 2.54 bits per heavy atom. The predicted octanol–water partition coefficient (Wildman–Crippen LogP) is 5.62. The highest BCUT2D eigenvalue weighted by Gasteiger charge is 2.23. The molecule has 7 rings (SSSR count). The van der Waals surface area contributed by atoms with Crippen molar-refractivity contribution >= 4 is 39.6 Å². The van der Waals surface area contributed by atoms with Gasteiger partial charge in [0.25, 0.3) is 0 Å². The summed E-state index contributed by atoms with van der Waals surface area (Å²) < 4.78 is 23.2. The Balaban J connectivity index is 0.000000697. The molecule has 1 fully saturated rings. The van der Waals surface area contributed by atoms with E-state index in [9.17, 15) is 14.3 Å². The fourth-order valence-corrected chi connectivity index (χ4v) is 5.49. The average molecular weight is 576 g/mol. The third-order valence-electron chi connectivity index (χ3n) is 7.79. The molecule has 0 radical (unpaired) electrons. The summed E-state index contributed by atoms with van der Waals surface area (Å²) in [5.41, 5.74) is 5.67. The van der Waals surface area contributed by atoms with Crippen molar-refractivity contribution in [3.8, 4) is 0 Å². The van der Waals surface area contributed by atoms with Gasteiger partial charge in [0, 0.05) is 38.4 Å². The number of imidazole rings is 2. The molecule has 0 aliphatic carbocycles. The number of aromatic carboxylic acids is 1. The van der Waals surface area contributed by atoms with Gasteiger partial charge >= 0.3 is 5.97 Å². The number of hydrogen-bond donors (Lipinski definition) is 1. The lowest BCUT2D eigenvalue weighted by atomic mass is 10.0. The van der Waals surface area contributed by atoms with Crippen LogP contribution < -0.4 is 0 Å². The SMILES string of the molecule is C1COC1.Cn1c(CN2CCn3c(nc4c(CCc5ccc(Cl)cc5F)cccc43)C2)nc2ccc(C(=O)O)cc21. The van der Waals surface area contributed by atoms with Crippen LogP contribution in [0.25, 0.3) is 22.1 Å². The normalized spacial score (nSPS) is 14.9. The first kappa shape index (κ1) is 27.4. The lowest BCUT2D eigenvalue weighted by Gasteiger charge is -2.27. The summed E-state index contributed by atoms with van der Waals surface area (Å²) in [6.45, 7) is 4.99. The summed E-state index contributed by atoms with van der Waals surface area (Å²) in [4.78, 5) is 23.4. The molecule has 0 spiro atoms. The highest BCUT2D eigenvalue weighted by atomic mass is 35.5. The molecular formula is C31H31ClFN5O3. The smallest absolute Gasteiger partial charge is 0.335 e. The number of carbonyl (C=O) groups is 1. The van der Waals surface area contributed by atoms with Crippen molar-refractivity contribution in [3.05, 3.63) is 93.8 Å². The first-order valence-corrected chi connectivity index (χ1v) is 14.1. The molecular weight excluding hydrogens is 545 g/mol. The third kappa shape index (κ3) is 5.70. The lowest BCUT2D eigenvalue weighted by Crippen LogP contribution is -2.34. The van der Waals surface area contributed by atoms with Crippen LogP contribution in [0.3, 0.4) is 0 Å². The summed E-state index contributed by atoms with van der Waals surface area (Å²) in [6.07, 6.45) is 2.54. The van der Waals surface area contributed by atoms with Crippen molar-refractivity contribution in [2.24, 2.45) is 7.05 Å². The van der Waals surface area contributed by atoms with Crippen LogP contribution in [0.15, 0.2) is 54.6 Å². The molecule has 2 aromatic heterocycles. The largest absolute Gasteiger partial charge is 0.478 e. The minimum absolute atomic E-state index is 0.253. The molecule has 0 amide bonds. The molecule has 5 aromatic rings. The van der Waals surface area contributed by atoms with Gasteiger partial charge in [0.15, 0.2) is 0 Å². The molecule has 212 valence electrons. The zero-order chi connectivity index (χ0) is 28.5. The fraction of sp³-hybridized carbons (Fsp3) is 0.323. The van der Waals surface area contributed by atoms with E-state index in [1.165, 1.54) is 12.5 Å². The third-order valence-corrected chi connectivity index (χ3v) is 8.02. The van der Waals surface area contributed by atoms with E-state index in [4.69, 9.17) is 26.3 Å². The van der Waals surface area contributed by atoms with E-state index in [1.807, 2.05) is 17.7 Å². The average Bonchev–Trinajstić information content (AvgIpc) is 3.44. The van der Waals surface area contributed by atoms with E-state index in [0.29, 0.717) is 36.5 Å². The molecule has 4 heterocycles. The second-order valence-electron chi connectivity index (χ2n) is 10.5. The van der Waals surface area contributed by atoms with Gasteiger partial charge in [-0.2, -0.15) is 0 Å². The van der Waals surface area contributed by atoms with E-state index < -0.39 is 5.97 Å². The first-order chi connectivity index (χ1) is 19.9. The number of carboxylic acid groups (broad SMARTS) is 1. The molecule has 2 aliphatic rings. The highest BCUT2D eigenvalue weighted by molar-refractivity contribution is 6.30. The Morgan fingerprint density at radius 2 is 1.80 bits per heavy atom. The molecule has 10 heteroatoms. The predicted molar refractivity (Wildman–Crippen MR) is 156 cm³/mol. The number of halogens is 2. The van der Waals surface area contributed by atoms with Gasteiger partial charge in [0.1, 0.15) is 17.5 Å². The van der Waals surface area contributed by atoms with Crippen LogP contribution in [0.4, 0.5) is 4.39 Å². The summed E-state index contributed by atoms with van der Waals surface area (Å²) in [5.74, 6) is 0.656.